The zero-order valence-corrected chi connectivity index (χ0v) is 12.8. The van der Waals surface area contributed by atoms with E-state index in [1.165, 1.54) is 30.6 Å². The van der Waals surface area contributed by atoms with Gasteiger partial charge in [0.05, 0.1) is 12.0 Å². The van der Waals surface area contributed by atoms with Crippen molar-refractivity contribution in [3.63, 3.8) is 0 Å². The van der Waals surface area contributed by atoms with Crippen molar-refractivity contribution in [2.75, 3.05) is 25.5 Å². The van der Waals surface area contributed by atoms with Crippen LogP contribution in [0, 0.1) is 0 Å². The first-order valence-electron chi connectivity index (χ1n) is 7.57. The van der Waals surface area contributed by atoms with E-state index < -0.39 is 0 Å². The fourth-order valence-corrected chi connectivity index (χ4v) is 3.07. The van der Waals surface area contributed by atoms with Gasteiger partial charge in [0, 0.05) is 39.6 Å². The Hall–Kier alpha value is -1.88. The Morgan fingerprint density at radius 2 is 2.33 bits per heavy atom. The van der Waals surface area contributed by atoms with Crippen LogP contribution in [-0.4, -0.2) is 39.6 Å². The third-order valence-electron chi connectivity index (χ3n) is 4.32. The Labute approximate surface area is 126 Å². The molecule has 0 bridgehead atoms. The normalized spacial score (nSPS) is 19.6. The number of hydrogen-bond donors (Lipinski definition) is 1. The molecule has 3 heterocycles. The molecule has 0 amide bonds. The van der Waals surface area contributed by atoms with Gasteiger partial charge in [-0.1, -0.05) is 0 Å². The summed E-state index contributed by atoms with van der Waals surface area (Å²) in [4.78, 5) is 11.0. The van der Waals surface area contributed by atoms with Gasteiger partial charge in [-0.15, -0.1) is 0 Å². The highest BCUT2D eigenvalue weighted by atomic mass is 15.2. The molecule has 0 aromatic carbocycles. The van der Waals surface area contributed by atoms with Crippen molar-refractivity contribution in [3.8, 4) is 0 Å². The highest BCUT2D eigenvalue weighted by Gasteiger charge is 2.22. The second kappa shape index (κ2) is 6.26. The van der Waals surface area contributed by atoms with Crippen LogP contribution in [0.5, 0.6) is 0 Å². The van der Waals surface area contributed by atoms with Crippen LogP contribution in [0.1, 0.15) is 30.0 Å². The number of piperidine rings is 1. The molecule has 112 valence electrons. The summed E-state index contributed by atoms with van der Waals surface area (Å²) in [6.45, 7) is 3.26. The molecule has 3 rings (SSSR count). The Morgan fingerprint density at radius 1 is 1.43 bits per heavy atom. The van der Waals surface area contributed by atoms with Crippen molar-refractivity contribution in [3.05, 3.63) is 42.1 Å². The summed E-state index contributed by atoms with van der Waals surface area (Å²) >= 11 is 0. The number of imidazole rings is 1. The van der Waals surface area contributed by atoms with Crippen molar-refractivity contribution < 1.29 is 0 Å². The van der Waals surface area contributed by atoms with Gasteiger partial charge >= 0.3 is 0 Å². The lowest BCUT2D eigenvalue weighted by Gasteiger charge is -2.33. The third-order valence-corrected chi connectivity index (χ3v) is 4.32. The maximum atomic E-state index is 4.31. The molecule has 5 heteroatoms. The molecule has 2 aromatic rings. The molecule has 0 saturated carbocycles. The molecular weight excluding hydrogens is 262 g/mol. The van der Waals surface area contributed by atoms with Gasteiger partial charge in [0.25, 0.3) is 0 Å². The molecule has 0 radical (unpaired) electrons. The number of hydrogen-bond acceptors (Lipinski definition) is 4. The van der Waals surface area contributed by atoms with E-state index in [0.29, 0.717) is 5.92 Å². The number of anilines is 1. The van der Waals surface area contributed by atoms with E-state index in [1.807, 2.05) is 25.8 Å². The number of nitrogens with one attached hydrogen (secondary N) is 1. The molecular formula is C16H23N5. The number of pyridine rings is 1. The van der Waals surface area contributed by atoms with Crippen molar-refractivity contribution in [2.45, 2.75) is 25.3 Å². The average Bonchev–Trinajstić information content (AvgIpc) is 2.93. The summed E-state index contributed by atoms with van der Waals surface area (Å²) in [7, 11) is 3.98. The van der Waals surface area contributed by atoms with E-state index in [4.69, 9.17) is 0 Å². The standard InChI is InChI=1S/C16H23N5/c1-17-16-8-13(5-6-19-16)14-4-3-7-21(10-14)11-15-9-18-12-20(15)2/h5-6,8-9,12,14H,3-4,7,10-11H2,1-2H3,(H,17,19). The maximum Gasteiger partial charge on any atom is 0.125 e. The van der Waals surface area contributed by atoms with Gasteiger partial charge in [-0.3, -0.25) is 4.90 Å². The molecule has 0 spiro atoms. The first kappa shape index (κ1) is 14.1. The summed E-state index contributed by atoms with van der Waals surface area (Å²) in [5.41, 5.74) is 2.67. The van der Waals surface area contributed by atoms with E-state index in [9.17, 15) is 0 Å². The fourth-order valence-electron chi connectivity index (χ4n) is 3.07. The molecule has 1 unspecified atom stereocenters. The Bertz CT molecular complexity index is 592. The van der Waals surface area contributed by atoms with Gasteiger partial charge in [0.15, 0.2) is 0 Å². The minimum Gasteiger partial charge on any atom is -0.373 e. The van der Waals surface area contributed by atoms with Gasteiger partial charge in [0.1, 0.15) is 5.82 Å². The van der Waals surface area contributed by atoms with Crippen molar-refractivity contribution in [1.29, 1.82) is 0 Å². The van der Waals surface area contributed by atoms with Crippen LogP contribution in [-0.2, 0) is 13.6 Å². The summed E-state index contributed by atoms with van der Waals surface area (Å²) in [5, 5.41) is 3.13. The third kappa shape index (κ3) is 3.24. The van der Waals surface area contributed by atoms with Crippen LogP contribution in [0.4, 0.5) is 5.82 Å². The Kier molecular flexibility index (Phi) is 4.20. The summed E-state index contributed by atoms with van der Waals surface area (Å²) < 4.78 is 2.11. The zero-order chi connectivity index (χ0) is 14.7. The number of aryl methyl sites for hydroxylation is 1. The van der Waals surface area contributed by atoms with E-state index in [2.05, 4.69) is 43.9 Å². The predicted octanol–water partition coefficient (Wildman–Crippen LogP) is 2.24. The number of aromatic nitrogens is 3. The Balaban J connectivity index is 1.69. The highest BCUT2D eigenvalue weighted by Crippen LogP contribution is 2.28. The second-order valence-corrected chi connectivity index (χ2v) is 5.79. The highest BCUT2D eigenvalue weighted by molar-refractivity contribution is 5.38. The zero-order valence-electron chi connectivity index (χ0n) is 12.8. The number of rotatable bonds is 4. The summed E-state index contributed by atoms with van der Waals surface area (Å²) in [6, 6.07) is 4.33. The van der Waals surface area contributed by atoms with Crippen LogP contribution in [0.3, 0.4) is 0 Å². The van der Waals surface area contributed by atoms with Crippen molar-refractivity contribution >= 4 is 5.82 Å². The van der Waals surface area contributed by atoms with Gasteiger partial charge in [-0.25, -0.2) is 9.97 Å². The summed E-state index contributed by atoms with van der Waals surface area (Å²) in [6.07, 6.45) is 8.25. The quantitative estimate of drug-likeness (QED) is 0.936. The topological polar surface area (TPSA) is 46.0 Å². The fraction of sp³-hybridized carbons (Fsp3) is 0.500. The average molecular weight is 285 g/mol. The molecule has 1 atom stereocenters. The van der Waals surface area contributed by atoms with Crippen LogP contribution >= 0.6 is 0 Å². The first-order chi connectivity index (χ1) is 10.3. The lowest BCUT2D eigenvalue weighted by molar-refractivity contribution is 0.196. The van der Waals surface area contributed by atoms with Crippen LogP contribution in [0.15, 0.2) is 30.9 Å². The van der Waals surface area contributed by atoms with E-state index in [0.717, 1.165) is 18.9 Å². The number of likely N-dealkylation sites (tertiary alicyclic amines) is 1. The van der Waals surface area contributed by atoms with E-state index in [-0.39, 0.29) is 0 Å². The minimum absolute atomic E-state index is 0.599. The molecule has 21 heavy (non-hydrogen) atoms. The van der Waals surface area contributed by atoms with E-state index >= 15 is 0 Å². The monoisotopic (exact) mass is 285 g/mol. The molecule has 1 aliphatic rings. The molecule has 0 aliphatic carbocycles. The van der Waals surface area contributed by atoms with Crippen molar-refractivity contribution in [1.82, 2.24) is 19.4 Å². The lowest BCUT2D eigenvalue weighted by atomic mass is 9.91. The van der Waals surface area contributed by atoms with Crippen molar-refractivity contribution in [2.24, 2.45) is 7.05 Å². The molecule has 1 fully saturated rings. The molecule has 2 aromatic heterocycles. The largest absolute Gasteiger partial charge is 0.373 e. The van der Waals surface area contributed by atoms with Gasteiger partial charge < -0.3 is 9.88 Å². The molecule has 1 N–H and O–H groups in total. The molecule has 1 aliphatic heterocycles. The Morgan fingerprint density at radius 3 is 3.10 bits per heavy atom. The SMILES string of the molecule is CNc1cc(C2CCCN(Cc3cncn3C)C2)ccn1. The van der Waals surface area contributed by atoms with Crippen LogP contribution in [0.25, 0.3) is 0 Å². The second-order valence-electron chi connectivity index (χ2n) is 5.79. The smallest absolute Gasteiger partial charge is 0.125 e. The summed E-state index contributed by atoms with van der Waals surface area (Å²) in [5.74, 6) is 1.55. The van der Waals surface area contributed by atoms with Crippen LogP contribution < -0.4 is 5.32 Å². The van der Waals surface area contributed by atoms with Gasteiger partial charge in [-0.05, 0) is 43.0 Å². The first-order valence-corrected chi connectivity index (χ1v) is 7.57. The molecule has 1 saturated heterocycles. The van der Waals surface area contributed by atoms with Crippen LogP contribution in [0.2, 0.25) is 0 Å². The maximum absolute atomic E-state index is 4.31. The lowest BCUT2D eigenvalue weighted by Crippen LogP contribution is -2.34. The molecule has 5 nitrogen and oxygen atoms in total. The predicted molar refractivity (Wildman–Crippen MR) is 84.2 cm³/mol. The van der Waals surface area contributed by atoms with Gasteiger partial charge in [-0.2, -0.15) is 0 Å². The number of nitrogens with zero attached hydrogens (tertiary/aromatic N) is 4. The van der Waals surface area contributed by atoms with Gasteiger partial charge in [0.2, 0.25) is 0 Å². The minimum atomic E-state index is 0.599. The van der Waals surface area contributed by atoms with E-state index in [1.54, 1.807) is 0 Å².